The van der Waals surface area contributed by atoms with Crippen molar-refractivity contribution in [3.8, 4) is 5.75 Å². The summed E-state index contributed by atoms with van der Waals surface area (Å²) in [4.78, 5) is 0. The number of rotatable bonds is 5. The largest absolute Gasteiger partial charge is 0.468 e. The lowest BCUT2D eigenvalue weighted by molar-refractivity contribution is 0.0511. The standard InChI is InChI=1S/C11H13IO3/c1-14-8-15-10-4-2-9(3-5-10)11(12)6-7-13/h2-6,13H,7-8H2,1H3/b11-6-. The summed E-state index contributed by atoms with van der Waals surface area (Å²) >= 11 is 2.18. The molecule has 0 aliphatic heterocycles. The lowest BCUT2D eigenvalue weighted by atomic mass is 10.2. The molecule has 0 spiro atoms. The molecule has 1 aromatic carbocycles. The van der Waals surface area contributed by atoms with Gasteiger partial charge in [-0.3, -0.25) is 0 Å². The summed E-state index contributed by atoms with van der Waals surface area (Å²) in [6.07, 6.45) is 1.76. The van der Waals surface area contributed by atoms with Gasteiger partial charge in [-0.2, -0.15) is 0 Å². The highest BCUT2D eigenvalue weighted by Crippen LogP contribution is 2.23. The fourth-order valence-electron chi connectivity index (χ4n) is 1.04. The van der Waals surface area contributed by atoms with Gasteiger partial charge in [0.05, 0.1) is 6.61 Å². The van der Waals surface area contributed by atoms with E-state index in [4.69, 9.17) is 14.6 Å². The first-order chi connectivity index (χ1) is 7.27. The highest BCUT2D eigenvalue weighted by atomic mass is 127. The Kier molecular flexibility index (Phi) is 5.67. The Balaban J connectivity index is 2.67. The van der Waals surface area contributed by atoms with Crippen LogP contribution >= 0.6 is 22.6 Å². The minimum atomic E-state index is 0.0558. The third-order valence-corrected chi connectivity index (χ3v) is 2.81. The van der Waals surface area contributed by atoms with Crippen molar-refractivity contribution in [3.05, 3.63) is 35.9 Å². The Morgan fingerprint density at radius 3 is 2.60 bits per heavy atom. The van der Waals surface area contributed by atoms with Crippen molar-refractivity contribution >= 4 is 26.2 Å². The SMILES string of the molecule is COCOc1ccc(/C(I)=C/CO)cc1. The number of hydrogen-bond acceptors (Lipinski definition) is 3. The summed E-state index contributed by atoms with van der Waals surface area (Å²) in [6.45, 7) is 0.309. The molecule has 0 unspecified atom stereocenters. The molecule has 15 heavy (non-hydrogen) atoms. The van der Waals surface area contributed by atoms with Crippen molar-refractivity contribution in [3.63, 3.8) is 0 Å². The summed E-state index contributed by atoms with van der Waals surface area (Å²) < 4.78 is 11.1. The predicted molar refractivity (Wildman–Crippen MR) is 68.0 cm³/mol. The van der Waals surface area contributed by atoms with E-state index in [1.807, 2.05) is 24.3 Å². The molecule has 0 aliphatic carbocycles. The number of benzene rings is 1. The molecule has 0 atom stereocenters. The van der Waals surface area contributed by atoms with E-state index in [-0.39, 0.29) is 13.4 Å². The van der Waals surface area contributed by atoms with Gasteiger partial charge in [-0.05, 0) is 46.4 Å². The van der Waals surface area contributed by atoms with Crippen molar-refractivity contribution in [2.75, 3.05) is 20.5 Å². The number of methoxy groups -OCH3 is 1. The van der Waals surface area contributed by atoms with Crippen LogP contribution in [0, 0.1) is 0 Å². The van der Waals surface area contributed by atoms with E-state index in [9.17, 15) is 0 Å². The highest BCUT2D eigenvalue weighted by molar-refractivity contribution is 14.1. The van der Waals surface area contributed by atoms with Crippen LogP contribution in [-0.4, -0.2) is 25.6 Å². The van der Waals surface area contributed by atoms with Crippen LogP contribution in [0.2, 0.25) is 0 Å². The normalized spacial score (nSPS) is 11.5. The second-order valence-corrected chi connectivity index (χ2v) is 3.97. The van der Waals surface area contributed by atoms with Gasteiger partial charge in [-0.15, -0.1) is 0 Å². The van der Waals surface area contributed by atoms with E-state index in [0.29, 0.717) is 0 Å². The molecular formula is C11H13IO3. The van der Waals surface area contributed by atoms with Crippen LogP contribution in [0.3, 0.4) is 0 Å². The zero-order chi connectivity index (χ0) is 11.1. The second kappa shape index (κ2) is 6.81. The van der Waals surface area contributed by atoms with Crippen LogP contribution in [0.4, 0.5) is 0 Å². The summed E-state index contributed by atoms with van der Waals surface area (Å²) in [5.41, 5.74) is 1.06. The monoisotopic (exact) mass is 320 g/mol. The fraction of sp³-hybridized carbons (Fsp3) is 0.273. The smallest absolute Gasteiger partial charge is 0.188 e. The van der Waals surface area contributed by atoms with Crippen LogP contribution in [0.15, 0.2) is 30.3 Å². The first-order valence-corrected chi connectivity index (χ1v) is 5.54. The van der Waals surface area contributed by atoms with Crippen molar-refractivity contribution in [2.24, 2.45) is 0 Å². The fourth-order valence-corrected chi connectivity index (χ4v) is 1.59. The average Bonchev–Trinajstić information content (AvgIpc) is 2.27. The molecule has 0 aliphatic rings. The summed E-state index contributed by atoms with van der Waals surface area (Å²) in [5.74, 6) is 0.772. The Labute approximate surface area is 103 Å². The van der Waals surface area contributed by atoms with E-state index in [1.54, 1.807) is 13.2 Å². The van der Waals surface area contributed by atoms with Gasteiger partial charge in [0.2, 0.25) is 0 Å². The van der Waals surface area contributed by atoms with Crippen LogP contribution < -0.4 is 4.74 Å². The Hall–Kier alpha value is -0.590. The molecule has 1 N–H and O–H groups in total. The Bertz CT molecular complexity index is 319. The van der Waals surface area contributed by atoms with Crippen LogP contribution in [0.25, 0.3) is 3.58 Å². The maximum atomic E-state index is 8.75. The van der Waals surface area contributed by atoms with Crippen molar-refractivity contribution < 1.29 is 14.6 Å². The topological polar surface area (TPSA) is 38.7 Å². The summed E-state index contributed by atoms with van der Waals surface area (Å²) in [5, 5.41) is 8.75. The molecule has 0 bridgehead atoms. The van der Waals surface area contributed by atoms with Crippen LogP contribution in [-0.2, 0) is 4.74 Å². The van der Waals surface area contributed by atoms with Crippen LogP contribution in [0.1, 0.15) is 5.56 Å². The molecule has 82 valence electrons. The summed E-state index contributed by atoms with van der Waals surface area (Å²) in [7, 11) is 1.58. The van der Waals surface area contributed by atoms with E-state index >= 15 is 0 Å². The molecule has 0 amide bonds. The molecule has 4 heteroatoms. The molecule has 0 radical (unpaired) electrons. The zero-order valence-corrected chi connectivity index (χ0v) is 10.6. The molecule has 1 aromatic rings. The Morgan fingerprint density at radius 2 is 2.07 bits per heavy atom. The van der Waals surface area contributed by atoms with Gasteiger partial charge in [-0.1, -0.05) is 12.1 Å². The maximum absolute atomic E-state index is 8.75. The third kappa shape index (κ3) is 4.19. The maximum Gasteiger partial charge on any atom is 0.188 e. The summed E-state index contributed by atoms with van der Waals surface area (Å²) in [6, 6.07) is 7.63. The molecule has 0 fully saturated rings. The molecule has 0 aromatic heterocycles. The second-order valence-electron chi connectivity index (χ2n) is 2.81. The zero-order valence-electron chi connectivity index (χ0n) is 8.44. The van der Waals surface area contributed by atoms with E-state index in [0.717, 1.165) is 14.9 Å². The van der Waals surface area contributed by atoms with Gasteiger partial charge < -0.3 is 14.6 Å². The van der Waals surface area contributed by atoms with Gasteiger partial charge in [0, 0.05) is 10.7 Å². The molecule has 3 nitrogen and oxygen atoms in total. The molecular weight excluding hydrogens is 307 g/mol. The van der Waals surface area contributed by atoms with Gasteiger partial charge in [0.25, 0.3) is 0 Å². The van der Waals surface area contributed by atoms with E-state index < -0.39 is 0 Å². The quantitative estimate of drug-likeness (QED) is 0.669. The van der Waals surface area contributed by atoms with Crippen molar-refractivity contribution in [1.29, 1.82) is 0 Å². The van der Waals surface area contributed by atoms with Crippen molar-refractivity contribution in [1.82, 2.24) is 0 Å². The lowest BCUT2D eigenvalue weighted by Gasteiger charge is -2.05. The first-order valence-electron chi connectivity index (χ1n) is 4.46. The number of aliphatic hydroxyl groups is 1. The average molecular weight is 320 g/mol. The number of aliphatic hydroxyl groups excluding tert-OH is 1. The molecule has 1 rings (SSSR count). The molecule has 0 saturated heterocycles. The minimum absolute atomic E-state index is 0.0558. The number of ether oxygens (including phenoxy) is 2. The number of halogens is 1. The van der Waals surface area contributed by atoms with Gasteiger partial charge >= 0.3 is 0 Å². The molecule has 0 saturated carbocycles. The lowest BCUT2D eigenvalue weighted by Crippen LogP contribution is -1.98. The minimum Gasteiger partial charge on any atom is -0.468 e. The first kappa shape index (κ1) is 12.5. The Morgan fingerprint density at radius 1 is 1.40 bits per heavy atom. The van der Waals surface area contributed by atoms with Gasteiger partial charge in [0.1, 0.15) is 5.75 Å². The van der Waals surface area contributed by atoms with E-state index in [2.05, 4.69) is 22.6 Å². The number of hydrogen-bond donors (Lipinski definition) is 1. The predicted octanol–water partition coefficient (Wildman–Crippen LogP) is 2.44. The molecule has 0 heterocycles. The van der Waals surface area contributed by atoms with Crippen LogP contribution in [0.5, 0.6) is 5.75 Å². The van der Waals surface area contributed by atoms with Gasteiger partial charge in [-0.25, -0.2) is 0 Å². The van der Waals surface area contributed by atoms with E-state index in [1.165, 1.54) is 0 Å². The van der Waals surface area contributed by atoms with Gasteiger partial charge in [0.15, 0.2) is 6.79 Å². The highest BCUT2D eigenvalue weighted by Gasteiger charge is 1.97. The van der Waals surface area contributed by atoms with Crippen molar-refractivity contribution in [2.45, 2.75) is 0 Å². The third-order valence-electron chi connectivity index (χ3n) is 1.74.